The number of nitrogens with zero attached hydrogens (tertiary/aromatic N) is 3. The van der Waals surface area contributed by atoms with E-state index in [0.717, 1.165) is 3.57 Å². The molecule has 2 aromatic rings. The van der Waals surface area contributed by atoms with Gasteiger partial charge in [0.05, 0.1) is 21.4 Å². The second kappa shape index (κ2) is 6.03. The topological polar surface area (TPSA) is 70.7 Å². The summed E-state index contributed by atoms with van der Waals surface area (Å²) in [5, 5.41) is 16.3. The van der Waals surface area contributed by atoms with Gasteiger partial charge < -0.3 is 5.32 Å². The van der Waals surface area contributed by atoms with Gasteiger partial charge in [-0.3, -0.25) is 9.48 Å². The summed E-state index contributed by atoms with van der Waals surface area (Å²) in [5.41, 5.74) is 0.0154. The Labute approximate surface area is 141 Å². The van der Waals surface area contributed by atoms with E-state index in [9.17, 15) is 4.79 Å². The van der Waals surface area contributed by atoms with Crippen molar-refractivity contribution in [2.24, 2.45) is 0 Å². The first-order valence-corrected chi connectivity index (χ1v) is 7.51. The molecule has 0 bridgehead atoms. The van der Waals surface area contributed by atoms with Gasteiger partial charge in [0.2, 0.25) is 0 Å². The molecule has 1 heterocycles. The number of benzene rings is 1. The van der Waals surface area contributed by atoms with Gasteiger partial charge in [0, 0.05) is 16.9 Å². The summed E-state index contributed by atoms with van der Waals surface area (Å²) in [6.07, 6.45) is 3.47. The molecule has 5 nitrogen and oxygen atoms in total. The van der Waals surface area contributed by atoms with Crippen molar-refractivity contribution in [2.75, 3.05) is 5.32 Å². The normalized spacial score (nSPS) is 11.0. The lowest BCUT2D eigenvalue weighted by molar-refractivity contribution is -0.123. The van der Waals surface area contributed by atoms with Crippen LogP contribution in [0.1, 0.15) is 19.4 Å². The Hall–Kier alpha value is -1.59. The maximum absolute atomic E-state index is 12.5. The fourth-order valence-electron chi connectivity index (χ4n) is 1.72. The van der Waals surface area contributed by atoms with Crippen molar-refractivity contribution in [3.63, 3.8) is 0 Å². The zero-order valence-corrected chi connectivity index (χ0v) is 14.3. The van der Waals surface area contributed by atoms with E-state index in [4.69, 9.17) is 16.9 Å². The minimum Gasteiger partial charge on any atom is -0.324 e. The summed E-state index contributed by atoms with van der Waals surface area (Å²) in [4.78, 5) is 12.5. The van der Waals surface area contributed by atoms with Crippen molar-refractivity contribution in [2.45, 2.75) is 19.4 Å². The summed E-state index contributed by atoms with van der Waals surface area (Å²) in [6.45, 7) is 3.53. The van der Waals surface area contributed by atoms with Crippen molar-refractivity contribution in [1.29, 1.82) is 5.26 Å². The van der Waals surface area contributed by atoms with Gasteiger partial charge in [-0.1, -0.05) is 11.6 Å². The van der Waals surface area contributed by atoms with Crippen LogP contribution in [0, 0.1) is 14.9 Å². The molecule has 0 atom stereocenters. The SMILES string of the molecule is CC(C)(C(=O)Nc1cc(Cl)cc(C#N)c1)n1cc(I)cn1. The van der Waals surface area contributed by atoms with Crippen LogP contribution in [0.3, 0.4) is 0 Å². The van der Waals surface area contributed by atoms with Crippen LogP contribution in [0.5, 0.6) is 0 Å². The fraction of sp³-hybridized carbons (Fsp3) is 0.214. The molecule has 0 unspecified atom stereocenters. The number of carbonyl (C=O) groups is 1. The highest BCUT2D eigenvalue weighted by Gasteiger charge is 2.30. The third-order valence-electron chi connectivity index (χ3n) is 2.96. The molecule has 1 amide bonds. The van der Waals surface area contributed by atoms with E-state index in [0.29, 0.717) is 16.3 Å². The van der Waals surface area contributed by atoms with Gasteiger partial charge >= 0.3 is 0 Å². The summed E-state index contributed by atoms with van der Waals surface area (Å²) in [7, 11) is 0. The van der Waals surface area contributed by atoms with E-state index in [1.807, 2.05) is 6.07 Å². The number of aromatic nitrogens is 2. The molecule has 1 N–H and O–H groups in total. The van der Waals surface area contributed by atoms with Crippen LogP contribution in [0.2, 0.25) is 5.02 Å². The number of halogens is 2. The molecule has 0 aliphatic heterocycles. The second-order valence-electron chi connectivity index (χ2n) is 4.96. The van der Waals surface area contributed by atoms with E-state index < -0.39 is 5.54 Å². The molecule has 7 heteroatoms. The quantitative estimate of drug-likeness (QED) is 0.783. The number of hydrogen-bond donors (Lipinski definition) is 1. The minimum atomic E-state index is -0.863. The van der Waals surface area contributed by atoms with Crippen LogP contribution in [0.4, 0.5) is 5.69 Å². The highest BCUT2D eigenvalue weighted by atomic mass is 127. The van der Waals surface area contributed by atoms with Gasteiger partial charge in [-0.15, -0.1) is 0 Å². The minimum absolute atomic E-state index is 0.242. The van der Waals surface area contributed by atoms with Gasteiger partial charge in [0.25, 0.3) is 5.91 Å². The molecular weight excluding hydrogens is 403 g/mol. The summed E-state index contributed by atoms with van der Waals surface area (Å²) in [6, 6.07) is 6.72. The molecule has 1 aromatic heterocycles. The van der Waals surface area contributed by atoms with Crippen LogP contribution in [0.25, 0.3) is 0 Å². The lowest BCUT2D eigenvalue weighted by atomic mass is 10.0. The number of rotatable bonds is 3. The molecule has 0 saturated carbocycles. The van der Waals surface area contributed by atoms with Crippen LogP contribution in [-0.4, -0.2) is 15.7 Å². The lowest BCUT2D eigenvalue weighted by Crippen LogP contribution is -2.40. The number of amides is 1. The van der Waals surface area contributed by atoms with Gasteiger partial charge in [-0.05, 0) is 54.6 Å². The fourth-order valence-corrected chi connectivity index (χ4v) is 2.34. The van der Waals surface area contributed by atoms with Gasteiger partial charge in [0.15, 0.2) is 0 Å². The maximum Gasteiger partial charge on any atom is 0.251 e. The van der Waals surface area contributed by atoms with E-state index in [-0.39, 0.29) is 5.91 Å². The van der Waals surface area contributed by atoms with Gasteiger partial charge in [0.1, 0.15) is 5.54 Å². The first-order valence-electron chi connectivity index (χ1n) is 6.06. The third-order valence-corrected chi connectivity index (χ3v) is 3.74. The van der Waals surface area contributed by atoms with E-state index in [1.165, 1.54) is 6.07 Å². The Morgan fingerprint density at radius 1 is 1.48 bits per heavy atom. The molecule has 0 aliphatic carbocycles. The Morgan fingerprint density at radius 3 is 2.76 bits per heavy atom. The monoisotopic (exact) mass is 414 g/mol. The van der Waals surface area contributed by atoms with Gasteiger partial charge in [-0.25, -0.2) is 0 Å². The summed E-state index contributed by atoms with van der Waals surface area (Å²) < 4.78 is 2.54. The Kier molecular flexibility index (Phi) is 4.54. The molecule has 0 spiro atoms. The van der Waals surface area contributed by atoms with Crippen molar-refractivity contribution in [3.8, 4) is 6.07 Å². The van der Waals surface area contributed by atoms with Crippen LogP contribution in [-0.2, 0) is 10.3 Å². The highest BCUT2D eigenvalue weighted by molar-refractivity contribution is 14.1. The maximum atomic E-state index is 12.5. The second-order valence-corrected chi connectivity index (χ2v) is 6.64. The smallest absolute Gasteiger partial charge is 0.251 e. The first kappa shape index (κ1) is 15.8. The zero-order chi connectivity index (χ0) is 15.6. The molecule has 0 fully saturated rings. The molecule has 0 saturated heterocycles. The molecule has 21 heavy (non-hydrogen) atoms. The first-order chi connectivity index (χ1) is 9.82. The third kappa shape index (κ3) is 3.54. The van der Waals surface area contributed by atoms with Crippen LogP contribution >= 0.6 is 34.2 Å². The predicted molar refractivity (Wildman–Crippen MR) is 89.1 cm³/mol. The van der Waals surface area contributed by atoms with Crippen molar-refractivity contribution in [3.05, 3.63) is 44.7 Å². The molecule has 108 valence electrons. The van der Waals surface area contributed by atoms with E-state index >= 15 is 0 Å². The van der Waals surface area contributed by atoms with Gasteiger partial charge in [-0.2, -0.15) is 10.4 Å². The largest absolute Gasteiger partial charge is 0.324 e. The molecule has 0 radical (unpaired) electrons. The zero-order valence-electron chi connectivity index (χ0n) is 11.4. The van der Waals surface area contributed by atoms with E-state index in [2.05, 4.69) is 33.0 Å². The molecule has 1 aromatic carbocycles. The Bertz CT molecular complexity index is 733. The van der Waals surface area contributed by atoms with Crippen LogP contribution < -0.4 is 5.32 Å². The number of carbonyl (C=O) groups excluding carboxylic acids is 1. The van der Waals surface area contributed by atoms with Crippen molar-refractivity contribution >= 4 is 45.8 Å². The van der Waals surface area contributed by atoms with Crippen molar-refractivity contribution < 1.29 is 4.79 Å². The Morgan fingerprint density at radius 2 is 2.19 bits per heavy atom. The number of nitriles is 1. The average Bonchev–Trinajstić information content (AvgIpc) is 2.85. The number of anilines is 1. The molecule has 2 rings (SSSR count). The van der Waals surface area contributed by atoms with Crippen molar-refractivity contribution in [1.82, 2.24) is 9.78 Å². The molecular formula is C14H12ClIN4O. The summed E-state index contributed by atoms with van der Waals surface area (Å²) >= 11 is 8.06. The predicted octanol–water partition coefficient (Wildman–Crippen LogP) is 3.39. The Balaban J connectivity index is 2.25. The van der Waals surface area contributed by atoms with Crippen LogP contribution in [0.15, 0.2) is 30.6 Å². The molecule has 0 aliphatic rings. The average molecular weight is 415 g/mol. The number of hydrogen-bond acceptors (Lipinski definition) is 3. The highest BCUT2D eigenvalue weighted by Crippen LogP contribution is 2.22. The number of nitrogens with one attached hydrogen (secondary N) is 1. The standard InChI is InChI=1S/C14H12ClIN4O/c1-14(2,20-8-11(16)7-18-20)13(21)19-12-4-9(6-17)3-10(15)5-12/h3-5,7-8H,1-2H3,(H,19,21). The van der Waals surface area contributed by atoms with E-state index in [1.54, 1.807) is 43.1 Å². The lowest BCUT2D eigenvalue weighted by Gasteiger charge is -2.24. The summed E-state index contributed by atoms with van der Waals surface area (Å²) in [5.74, 6) is -0.242.